The van der Waals surface area contributed by atoms with Gasteiger partial charge < -0.3 is 19.3 Å². The van der Waals surface area contributed by atoms with Gasteiger partial charge in [-0.25, -0.2) is 0 Å². The van der Waals surface area contributed by atoms with Gasteiger partial charge in [0.2, 0.25) is 5.75 Å². The highest BCUT2D eigenvalue weighted by molar-refractivity contribution is 9.10. The second-order valence-corrected chi connectivity index (χ2v) is 4.92. The van der Waals surface area contributed by atoms with Crippen LogP contribution in [0.3, 0.4) is 0 Å². The number of carbonyl (C=O) groups is 2. The van der Waals surface area contributed by atoms with Crippen molar-refractivity contribution in [1.29, 1.82) is 0 Å². The van der Waals surface area contributed by atoms with Gasteiger partial charge in [0.1, 0.15) is 0 Å². The molecule has 0 aromatic heterocycles. The summed E-state index contributed by atoms with van der Waals surface area (Å²) < 4.78 is 15.5. The average Bonchev–Trinajstić information content (AvgIpc) is 2.43. The molecule has 1 unspecified atom stereocenters. The van der Waals surface area contributed by atoms with Crippen molar-refractivity contribution in [3.05, 3.63) is 17.7 Å². The predicted molar refractivity (Wildman–Crippen MR) is 75.4 cm³/mol. The van der Waals surface area contributed by atoms with E-state index in [1.807, 2.05) is 0 Å². The summed E-state index contributed by atoms with van der Waals surface area (Å²) in [5, 5.41) is 8.73. The molecule has 0 aliphatic carbocycles. The van der Waals surface area contributed by atoms with Crippen molar-refractivity contribution in [2.75, 3.05) is 21.3 Å². The Morgan fingerprint density at radius 2 is 1.75 bits per heavy atom. The number of carboxylic acid groups (broad SMARTS) is 1. The summed E-state index contributed by atoms with van der Waals surface area (Å²) in [7, 11) is 4.29. The van der Waals surface area contributed by atoms with Gasteiger partial charge in [-0.1, -0.05) is 15.9 Å². The third-order valence-corrected chi connectivity index (χ3v) is 3.35. The summed E-state index contributed by atoms with van der Waals surface area (Å²) in [6, 6.07) is 3.08. The number of hydrogen-bond acceptors (Lipinski definition) is 5. The second kappa shape index (κ2) is 7.14. The fourth-order valence-electron chi connectivity index (χ4n) is 1.71. The molecule has 0 saturated carbocycles. The predicted octanol–water partition coefficient (Wildman–Crippen LogP) is 2.13. The lowest BCUT2D eigenvalue weighted by molar-refractivity contribution is -0.136. The number of carbonyl (C=O) groups excluding carboxylic acids is 1. The summed E-state index contributed by atoms with van der Waals surface area (Å²) in [5.74, 6) is -0.544. The molecule has 110 valence electrons. The monoisotopic (exact) mass is 346 g/mol. The van der Waals surface area contributed by atoms with Crippen molar-refractivity contribution in [2.24, 2.45) is 0 Å². The normalized spacial score (nSPS) is 11.6. The molecular weight excluding hydrogens is 332 g/mol. The lowest BCUT2D eigenvalue weighted by atomic mass is 10.0. The fourth-order valence-corrected chi connectivity index (χ4v) is 2.23. The summed E-state index contributed by atoms with van der Waals surface area (Å²) in [6.45, 7) is 0. The Morgan fingerprint density at radius 3 is 2.20 bits per heavy atom. The fraction of sp³-hybridized carbons (Fsp3) is 0.385. The van der Waals surface area contributed by atoms with Crippen molar-refractivity contribution in [2.45, 2.75) is 11.2 Å². The largest absolute Gasteiger partial charge is 0.493 e. The van der Waals surface area contributed by atoms with Gasteiger partial charge in [0.05, 0.1) is 38.1 Å². The van der Waals surface area contributed by atoms with E-state index in [9.17, 15) is 9.59 Å². The van der Waals surface area contributed by atoms with Crippen molar-refractivity contribution >= 4 is 27.7 Å². The molecule has 7 heteroatoms. The minimum absolute atomic E-state index is 0.215. The van der Waals surface area contributed by atoms with Crippen LogP contribution in [-0.2, 0) is 4.79 Å². The van der Waals surface area contributed by atoms with Gasteiger partial charge in [-0.15, -0.1) is 0 Å². The van der Waals surface area contributed by atoms with Crippen LogP contribution in [0.1, 0.15) is 16.8 Å². The molecule has 0 aliphatic heterocycles. The average molecular weight is 347 g/mol. The second-order valence-electron chi connectivity index (χ2n) is 3.81. The highest BCUT2D eigenvalue weighted by atomic mass is 79.9. The van der Waals surface area contributed by atoms with Crippen molar-refractivity contribution in [3.63, 3.8) is 0 Å². The third kappa shape index (κ3) is 3.41. The lowest BCUT2D eigenvalue weighted by Gasteiger charge is -2.16. The van der Waals surface area contributed by atoms with Gasteiger partial charge in [0, 0.05) is 0 Å². The summed E-state index contributed by atoms with van der Waals surface area (Å²) in [5.41, 5.74) is 0.230. The van der Waals surface area contributed by atoms with E-state index in [4.69, 9.17) is 19.3 Å². The zero-order valence-corrected chi connectivity index (χ0v) is 12.9. The number of carboxylic acids is 1. The van der Waals surface area contributed by atoms with Gasteiger partial charge in [-0.05, 0) is 12.1 Å². The minimum atomic E-state index is -1.07. The van der Waals surface area contributed by atoms with Crippen LogP contribution in [0.2, 0.25) is 0 Å². The van der Waals surface area contributed by atoms with Crippen LogP contribution < -0.4 is 14.2 Å². The van der Waals surface area contributed by atoms with Crippen molar-refractivity contribution < 1.29 is 28.9 Å². The third-order valence-electron chi connectivity index (χ3n) is 2.61. The number of methoxy groups -OCH3 is 3. The molecule has 0 saturated heterocycles. The number of rotatable bonds is 7. The van der Waals surface area contributed by atoms with Crippen LogP contribution in [0.15, 0.2) is 12.1 Å². The molecule has 0 radical (unpaired) electrons. The molecule has 1 N–H and O–H groups in total. The van der Waals surface area contributed by atoms with Gasteiger partial charge in [-0.3, -0.25) is 9.59 Å². The van der Waals surface area contributed by atoms with Crippen LogP contribution in [0.4, 0.5) is 0 Å². The number of benzene rings is 1. The molecule has 6 nitrogen and oxygen atoms in total. The van der Waals surface area contributed by atoms with Crippen molar-refractivity contribution in [1.82, 2.24) is 0 Å². The first kappa shape index (κ1) is 16.3. The van der Waals surface area contributed by atoms with E-state index >= 15 is 0 Å². The first-order valence-electron chi connectivity index (χ1n) is 5.65. The van der Waals surface area contributed by atoms with E-state index in [-0.39, 0.29) is 23.5 Å². The Bertz CT molecular complexity index is 514. The zero-order valence-electron chi connectivity index (χ0n) is 11.3. The zero-order chi connectivity index (χ0) is 15.3. The molecule has 0 fully saturated rings. The Kier molecular flexibility index (Phi) is 5.82. The standard InChI is InChI=1S/C13H15BrO6/c1-18-9-5-4-7(12(19-2)13(9)20-3)11(17)8(14)6-10(15)16/h4-5,8H,6H2,1-3H3,(H,15,16). The molecule has 0 spiro atoms. The van der Waals surface area contributed by atoms with Crippen LogP contribution in [0.25, 0.3) is 0 Å². The van der Waals surface area contributed by atoms with Crippen LogP contribution in [0, 0.1) is 0 Å². The Balaban J connectivity index is 3.24. The van der Waals surface area contributed by atoms with Gasteiger partial charge in [-0.2, -0.15) is 0 Å². The highest BCUT2D eigenvalue weighted by Gasteiger charge is 2.26. The maximum atomic E-state index is 12.2. The summed E-state index contributed by atoms with van der Waals surface area (Å²) >= 11 is 3.07. The Labute approximate surface area is 124 Å². The van der Waals surface area contributed by atoms with Crippen LogP contribution >= 0.6 is 15.9 Å². The van der Waals surface area contributed by atoms with E-state index in [0.717, 1.165) is 0 Å². The number of ketones is 1. The topological polar surface area (TPSA) is 82.1 Å². The number of hydrogen-bond donors (Lipinski definition) is 1. The Hall–Kier alpha value is -1.76. The molecule has 0 aliphatic rings. The molecule has 0 heterocycles. The summed E-state index contributed by atoms with van der Waals surface area (Å²) in [6.07, 6.45) is -0.323. The maximum absolute atomic E-state index is 12.2. The van der Waals surface area contributed by atoms with E-state index in [1.165, 1.54) is 27.4 Å². The highest BCUT2D eigenvalue weighted by Crippen LogP contribution is 2.40. The first-order chi connectivity index (χ1) is 9.46. The molecule has 0 amide bonds. The smallest absolute Gasteiger partial charge is 0.304 e. The molecule has 1 aromatic rings. The minimum Gasteiger partial charge on any atom is -0.493 e. The molecular formula is C13H15BrO6. The van der Waals surface area contributed by atoms with Crippen molar-refractivity contribution in [3.8, 4) is 17.2 Å². The number of ether oxygens (including phenoxy) is 3. The number of alkyl halides is 1. The van der Waals surface area contributed by atoms with Crippen LogP contribution in [-0.4, -0.2) is 43.0 Å². The number of Topliss-reactive ketones (excluding diaryl/α,β-unsaturated/α-hetero) is 1. The van der Waals surface area contributed by atoms with E-state index in [0.29, 0.717) is 5.75 Å². The van der Waals surface area contributed by atoms with Crippen LogP contribution in [0.5, 0.6) is 17.2 Å². The number of aliphatic carboxylic acids is 1. The molecule has 20 heavy (non-hydrogen) atoms. The maximum Gasteiger partial charge on any atom is 0.304 e. The Morgan fingerprint density at radius 1 is 1.15 bits per heavy atom. The molecule has 0 bridgehead atoms. The van der Waals surface area contributed by atoms with E-state index in [1.54, 1.807) is 6.07 Å². The molecule has 1 atom stereocenters. The number of halogens is 1. The molecule has 1 aromatic carbocycles. The van der Waals surface area contributed by atoms with Gasteiger partial charge >= 0.3 is 5.97 Å². The lowest BCUT2D eigenvalue weighted by Crippen LogP contribution is -2.19. The van der Waals surface area contributed by atoms with Gasteiger partial charge in [0.15, 0.2) is 17.3 Å². The van der Waals surface area contributed by atoms with E-state index < -0.39 is 16.6 Å². The SMILES string of the molecule is COc1ccc(C(=O)C(Br)CC(=O)O)c(OC)c1OC. The quantitative estimate of drug-likeness (QED) is 0.601. The molecule has 1 rings (SSSR count). The first-order valence-corrected chi connectivity index (χ1v) is 6.56. The summed E-state index contributed by atoms with van der Waals surface area (Å²) in [4.78, 5) is 22.1. The van der Waals surface area contributed by atoms with E-state index in [2.05, 4.69) is 15.9 Å². The van der Waals surface area contributed by atoms with Gasteiger partial charge in [0.25, 0.3) is 0 Å².